The standard InChI is InChI=1S/C24H24N2O2S2/c1-4-5-6-16-7-9-17(10-8-16)19-14-29-23(25-19)24-26-20(15-30-24)18-11-12-21(27-2)22(13-18)28-3/h7-15H,4-6H2,1-3H3. The van der Waals surface area contributed by atoms with Gasteiger partial charge in [0, 0.05) is 21.9 Å². The molecule has 0 radical (unpaired) electrons. The molecule has 4 aromatic rings. The van der Waals surface area contributed by atoms with E-state index < -0.39 is 0 Å². The summed E-state index contributed by atoms with van der Waals surface area (Å²) in [6, 6.07) is 14.6. The first kappa shape index (κ1) is 20.6. The second-order valence-corrected chi connectivity index (χ2v) is 8.66. The maximum absolute atomic E-state index is 5.41. The van der Waals surface area contributed by atoms with E-state index in [-0.39, 0.29) is 0 Å². The van der Waals surface area contributed by atoms with E-state index in [2.05, 4.69) is 41.9 Å². The molecular formula is C24H24N2O2S2. The summed E-state index contributed by atoms with van der Waals surface area (Å²) in [5, 5.41) is 6.03. The van der Waals surface area contributed by atoms with Gasteiger partial charge in [0.1, 0.15) is 0 Å². The highest BCUT2D eigenvalue weighted by molar-refractivity contribution is 7.20. The van der Waals surface area contributed by atoms with E-state index in [0.29, 0.717) is 11.5 Å². The fraction of sp³-hybridized carbons (Fsp3) is 0.250. The van der Waals surface area contributed by atoms with E-state index in [1.807, 2.05) is 18.2 Å². The normalized spacial score (nSPS) is 10.9. The van der Waals surface area contributed by atoms with Crippen molar-refractivity contribution < 1.29 is 9.47 Å². The molecule has 6 heteroatoms. The number of rotatable bonds is 8. The zero-order valence-corrected chi connectivity index (χ0v) is 19.0. The van der Waals surface area contributed by atoms with Gasteiger partial charge in [0.25, 0.3) is 0 Å². The monoisotopic (exact) mass is 436 g/mol. The zero-order valence-electron chi connectivity index (χ0n) is 17.3. The number of unbranched alkanes of at least 4 members (excludes halogenated alkanes) is 1. The fourth-order valence-corrected chi connectivity index (χ4v) is 4.94. The Labute approximate surface area is 185 Å². The van der Waals surface area contributed by atoms with Crippen LogP contribution in [0.5, 0.6) is 11.5 Å². The van der Waals surface area contributed by atoms with Crippen molar-refractivity contribution in [2.45, 2.75) is 26.2 Å². The summed E-state index contributed by atoms with van der Waals surface area (Å²) < 4.78 is 10.7. The highest BCUT2D eigenvalue weighted by Crippen LogP contribution is 2.36. The Bertz CT molecular complexity index is 1120. The molecule has 30 heavy (non-hydrogen) atoms. The molecule has 0 atom stereocenters. The van der Waals surface area contributed by atoms with E-state index in [4.69, 9.17) is 19.4 Å². The Kier molecular flexibility index (Phi) is 6.45. The van der Waals surface area contributed by atoms with Crippen LogP contribution in [-0.2, 0) is 6.42 Å². The number of nitrogens with zero attached hydrogens (tertiary/aromatic N) is 2. The van der Waals surface area contributed by atoms with Crippen LogP contribution in [0.25, 0.3) is 32.5 Å². The van der Waals surface area contributed by atoms with Crippen molar-refractivity contribution in [1.29, 1.82) is 0 Å². The number of hydrogen-bond acceptors (Lipinski definition) is 6. The number of ether oxygens (including phenoxy) is 2. The van der Waals surface area contributed by atoms with E-state index >= 15 is 0 Å². The number of aryl methyl sites for hydroxylation is 1. The predicted octanol–water partition coefficient (Wildman–Crippen LogP) is 6.96. The molecule has 0 saturated carbocycles. The molecule has 0 saturated heterocycles. The third kappa shape index (κ3) is 4.40. The average Bonchev–Trinajstić information content (AvgIpc) is 3.47. The first-order chi connectivity index (χ1) is 14.7. The number of methoxy groups -OCH3 is 2. The molecule has 0 aliphatic carbocycles. The summed E-state index contributed by atoms with van der Waals surface area (Å²) >= 11 is 3.24. The van der Waals surface area contributed by atoms with Gasteiger partial charge in [0.05, 0.1) is 25.6 Å². The topological polar surface area (TPSA) is 44.2 Å². The van der Waals surface area contributed by atoms with Gasteiger partial charge in [0.2, 0.25) is 0 Å². The second-order valence-electron chi connectivity index (χ2n) is 6.95. The van der Waals surface area contributed by atoms with Crippen LogP contribution in [0.4, 0.5) is 0 Å². The van der Waals surface area contributed by atoms with Gasteiger partial charge in [-0.05, 0) is 36.6 Å². The minimum atomic E-state index is 0.698. The molecule has 0 amide bonds. The Balaban J connectivity index is 1.54. The molecular weight excluding hydrogens is 412 g/mol. The van der Waals surface area contributed by atoms with Crippen molar-refractivity contribution in [2.75, 3.05) is 14.2 Å². The van der Waals surface area contributed by atoms with Crippen LogP contribution < -0.4 is 9.47 Å². The summed E-state index contributed by atoms with van der Waals surface area (Å²) in [6.07, 6.45) is 3.58. The van der Waals surface area contributed by atoms with Crippen molar-refractivity contribution in [2.24, 2.45) is 0 Å². The average molecular weight is 437 g/mol. The highest BCUT2D eigenvalue weighted by atomic mass is 32.1. The lowest BCUT2D eigenvalue weighted by molar-refractivity contribution is 0.355. The van der Waals surface area contributed by atoms with Crippen LogP contribution in [-0.4, -0.2) is 24.2 Å². The third-order valence-electron chi connectivity index (χ3n) is 4.94. The van der Waals surface area contributed by atoms with Crippen LogP contribution in [0.3, 0.4) is 0 Å². The van der Waals surface area contributed by atoms with E-state index in [0.717, 1.165) is 39.0 Å². The molecule has 0 aliphatic heterocycles. The predicted molar refractivity (Wildman–Crippen MR) is 126 cm³/mol. The minimum absolute atomic E-state index is 0.698. The fourth-order valence-electron chi connectivity index (χ4n) is 3.23. The van der Waals surface area contributed by atoms with Crippen molar-refractivity contribution in [1.82, 2.24) is 9.97 Å². The van der Waals surface area contributed by atoms with Crippen LogP contribution in [0.15, 0.2) is 53.2 Å². The third-order valence-corrected chi connectivity index (χ3v) is 6.77. The second kappa shape index (κ2) is 9.41. The van der Waals surface area contributed by atoms with E-state index in [1.165, 1.54) is 18.4 Å². The van der Waals surface area contributed by atoms with Crippen LogP contribution in [0, 0.1) is 0 Å². The maximum atomic E-state index is 5.41. The van der Waals surface area contributed by atoms with Crippen molar-refractivity contribution in [3.63, 3.8) is 0 Å². The number of hydrogen-bond donors (Lipinski definition) is 0. The van der Waals surface area contributed by atoms with Gasteiger partial charge in [-0.25, -0.2) is 9.97 Å². The van der Waals surface area contributed by atoms with Crippen molar-refractivity contribution >= 4 is 22.7 Å². The maximum Gasteiger partial charge on any atom is 0.161 e. The van der Waals surface area contributed by atoms with Gasteiger partial charge < -0.3 is 9.47 Å². The lowest BCUT2D eigenvalue weighted by Crippen LogP contribution is -1.90. The smallest absolute Gasteiger partial charge is 0.161 e. The van der Waals surface area contributed by atoms with Gasteiger partial charge in [-0.2, -0.15) is 0 Å². The molecule has 0 bridgehead atoms. The Hall–Kier alpha value is -2.70. The molecule has 4 nitrogen and oxygen atoms in total. The van der Waals surface area contributed by atoms with Gasteiger partial charge in [0.15, 0.2) is 21.5 Å². The van der Waals surface area contributed by atoms with E-state index in [9.17, 15) is 0 Å². The van der Waals surface area contributed by atoms with Crippen LogP contribution in [0.2, 0.25) is 0 Å². The summed E-state index contributed by atoms with van der Waals surface area (Å²) in [5.74, 6) is 1.41. The molecule has 4 rings (SSSR count). The van der Waals surface area contributed by atoms with Crippen LogP contribution >= 0.6 is 22.7 Å². The first-order valence-electron chi connectivity index (χ1n) is 9.95. The van der Waals surface area contributed by atoms with Crippen LogP contribution in [0.1, 0.15) is 25.3 Å². The SMILES string of the molecule is CCCCc1ccc(-c2csc(-c3nc(-c4ccc(OC)c(OC)c4)cs3)n2)cc1. The number of aromatic nitrogens is 2. The highest BCUT2D eigenvalue weighted by Gasteiger charge is 2.13. The van der Waals surface area contributed by atoms with Gasteiger partial charge in [-0.15, -0.1) is 22.7 Å². The Morgan fingerprint density at radius 3 is 1.97 bits per heavy atom. The number of benzene rings is 2. The molecule has 0 aliphatic rings. The summed E-state index contributed by atoms with van der Waals surface area (Å²) in [7, 11) is 3.28. The summed E-state index contributed by atoms with van der Waals surface area (Å²) in [5.41, 5.74) is 5.44. The summed E-state index contributed by atoms with van der Waals surface area (Å²) in [4.78, 5) is 9.64. The Morgan fingerprint density at radius 2 is 1.37 bits per heavy atom. The van der Waals surface area contributed by atoms with Gasteiger partial charge in [-0.1, -0.05) is 37.6 Å². The Morgan fingerprint density at radius 1 is 0.767 bits per heavy atom. The summed E-state index contributed by atoms with van der Waals surface area (Å²) in [6.45, 7) is 2.22. The van der Waals surface area contributed by atoms with Crippen molar-refractivity contribution in [3.8, 4) is 44.0 Å². The lowest BCUT2D eigenvalue weighted by Gasteiger charge is -2.08. The lowest BCUT2D eigenvalue weighted by atomic mass is 10.1. The van der Waals surface area contributed by atoms with Gasteiger partial charge in [-0.3, -0.25) is 0 Å². The quantitative estimate of drug-likeness (QED) is 0.299. The van der Waals surface area contributed by atoms with Crippen molar-refractivity contribution in [3.05, 3.63) is 58.8 Å². The molecule has 2 aromatic heterocycles. The molecule has 0 N–H and O–H groups in total. The number of thiazole rings is 2. The largest absolute Gasteiger partial charge is 0.493 e. The molecule has 0 spiro atoms. The van der Waals surface area contributed by atoms with Gasteiger partial charge >= 0.3 is 0 Å². The molecule has 154 valence electrons. The molecule has 0 fully saturated rings. The molecule has 2 heterocycles. The zero-order chi connectivity index (χ0) is 20.9. The first-order valence-corrected chi connectivity index (χ1v) is 11.7. The molecule has 2 aromatic carbocycles. The minimum Gasteiger partial charge on any atom is -0.493 e. The van der Waals surface area contributed by atoms with E-state index in [1.54, 1.807) is 36.9 Å². The molecule has 0 unspecified atom stereocenters.